The standard InChI is InChI=1S/C20H30O7/c1-9-7-25-14-12(22)19-13-10(21)11(16(2,3)4)17(19)5-6-24-15(17)27-18(19,8-26-13)20(9,14)23/h9-15,21-23H,5-8H2,1-4H3/t9-,10-,11+,12+,13?,14?,15?,17?,18?,19?,20-/m1/s1. The van der Waals surface area contributed by atoms with Gasteiger partial charge in [0.15, 0.2) is 6.29 Å². The zero-order chi connectivity index (χ0) is 19.2. The molecule has 2 saturated carbocycles. The highest BCUT2D eigenvalue weighted by Gasteiger charge is 2.98. The van der Waals surface area contributed by atoms with E-state index >= 15 is 0 Å². The van der Waals surface area contributed by atoms with Gasteiger partial charge in [-0.25, -0.2) is 0 Å². The first-order chi connectivity index (χ1) is 12.6. The van der Waals surface area contributed by atoms with Gasteiger partial charge in [0, 0.05) is 17.3 Å². The van der Waals surface area contributed by atoms with Gasteiger partial charge in [-0.05, 0) is 11.8 Å². The van der Waals surface area contributed by atoms with Gasteiger partial charge in [-0.3, -0.25) is 0 Å². The molecule has 152 valence electrons. The highest BCUT2D eigenvalue weighted by molar-refractivity contribution is 5.43. The Morgan fingerprint density at radius 2 is 1.78 bits per heavy atom. The predicted octanol–water partition coefficient (Wildman–Crippen LogP) is 0.0507. The van der Waals surface area contributed by atoms with E-state index in [1.54, 1.807) is 0 Å². The van der Waals surface area contributed by atoms with Crippen molar-refractivity contribution in [2.24, 2.45) is 28.1 Å². The Hall–Kier alpha value is -0.280. The molecule has 27 heavy (non-hydrogen) atoms. The largest absolute Gasteiger partial charge is 0.390 e. The van der Waals surface area contributed by atoms with Crippen LogP contribution in [0.1, 0.15) is 34.1 Å². The van der Waals surface area contributed by atoms with Crippen LogP contribution in [0.25, 0.3) is 0 Å². The average molecular weight is 382 g/mol. The fourth-order valence-electron chi connectivity index (χ4n) is 8.68. The first kappa shape index (κ1) is 17.6. The number of ether oxygens (including phenoxy) is 4. The van der Waals surface area contributed by atoms with Crippen molar-refractivity contribution in [3.05, 3.63) is 0 Å². The molecule has 0 aromatic heterocycles. The maximum absolute atomic E-state index is 12.0. The number of hydrogen-bond donors (Lipinski definition) is 3. The monoisotopic (exact) mass is 382 g/mol. The van der Waals surface area contributed by atoms with Gasteiger partial charge in [0.2, 0.25) is 0 Å². The van der Waals surface area contributed by atoms with Crippen LogP contribution in [0.5, 0.6) is 0 Å². The first-order valence-electron chi connectivity index (χ1n) is 10.2. The number of aliphatic hydroxyl groups is 3. The smallest absolute Gasteiger partial charge is 0.165 e. The highest BCUT2D eigenvalue weighted by atomic mass is 16.7. The Balaban J connectivity index is 1.67. The average Bonchev–Trinajstić information content (AvgIpc) is 3.30. The van der Waals surface area contributed by atoms with Gasteiger partial charge < -0.3 is 34.3 Å². The van der Waals surface area contributed by atoms with E-state index in [9.17, 15) is 15.3 Å². The van der Waals surface area contributed by atoms with Crippen LogP contribution in [0.15, 0.2) is 0 Å². The summed E-state index contributed by atoms with van der Waals surface area (Å²) in [6.07, 6.45) is -2.96. The van der Waals surface area contributed by atoms with E-state index in [1.807, 2.05) is 6.92 Å². The molecule has 7 nitrogen and oxygen atoms in total. The minimum absolute atomic E-state index is 0.144. The summed E-state index contributed by atoms with van der Waals surface area (Å²) in [5.41, 5.74) is -4.30. The van der Waals surface area contributed by atoms with E-state index in [-0.39, 0.29) is 23.9 Å². The SMILES string of the molecule is C[C@@H]1COC2[C@H](O)C34C5OCC3(OC3OCCC34[C@H](C(C)(C)C)[C@H]5O)[C@]21O. The second kappa shape index (κ2) is 4.56. The third kappa shape index (κ3) is 1.35. The Morgan fingerprint density at radius 1 is 1.04 bits per heavy atom. The second-order valence-electron chi connectivity index (χ2n) is 10.8. The summed E-state index contributed by atoms with van der Waals surface area (Å²) in [5.74, 6) is -0.391. The van der Waals surface area contributed by atoms with E-state index in [0.29, 0.717) is 19.6 Å². The molecule has 0 amide bonds. The molecule has 11 atom stereocenters. The molecule has 6 unspecified atom stereocenters. The third-order valence-electron chi connectivity index (χ3n) is 9.12. The number of fused-ring (bicyclic) bond motifs is 1. The summed E-state index contributed by atoms with van der Waals surface area (Å²) >= 11 is 0. The van der Waals surface area contributed by atoms with Crippen LogP contribution >= 0.6 is 0 Å². The number of hydrogen-bond acceptors (Lipinski definition) is 7. The molecule has 0 aromatic rings. The fraction of sp³-hybridized carbons (Fsp3) is 1.00. The number of rotatable bonds is 0. The van der Waals surface area contributed by atoms with Crippen molar-refractivity contribution in [1.29, 1.82) is 0 Å². The second-order valence-corrected chi connectivity index (χ2v) is 10.8. The normalized spacial score (nSPS) is 66.1. The lowest BCUT2D eigenvalue weighted by molar-refractivity contribution is -0.245. The van der Waals surface area contributed by atoms with E-state index < -0.39 is 52.7 Å². The lowest BCUT2D eigenvalue weighted by Gasteiger charge is -2.48. The van der Waals surface area contributed by atoms with Gasteiger partial charge in [-0.15, -0.1) is 0 Å². The van der Waals surface area contributed by atoms with Gasteiger partial charge >= 0.3 is 0 Å². The lowest BCUT2D eigenvalue weighted by Crippen LogP contribution is -2.63. The molecule has 2 aliphatic carbocycles. The van der Waals surface area contributed by atoms with Gasteiger partial charge in [0.05, 0.1) is 43.5 Å². The minimum Gasteiger partial charge on any atom is -0.390 e. The van der Waals surface area contributed by atoms with Crippen molar-refractivity contribution in [2.45, 2.75) is 76.0 Å². The van der Waals surface area contributed by atoms with Crippen LogP contribution in [-0.4, -0.2) is 77.0 Å². The fourth-order valence-corrected chi connectivity index (χ4v) is 8.68. The molecule has 4 aliphatic heterocycles. The van der Waals surface area contributed by atoms with Gasteiger partial charge in [-0.2, -0.15) is 0 Å². The summed E-state index contributed by atoms with van der Waals surface area (Å²) in [4.78, 5) is 0. The molecule has 0 bridgehead atoms. The highest BCUT2D eigenvalue weighted by Crippen LogP contribution is 2.84. The predicted molar refractivity (Wildman–Crippen MR) is 91.6 cm³/mol. The molecule has 6 fully saturated rings. The summed E-state index contributed by atoms with van der Waals surface area (Å²) in [6.45, 7) is 9.29. The van der Waals surface area contributed by atoms with Crippen LogP contribution in [0, 0.1) is 28.1 Å². The maximum atomic E-state index is 12.0. The van der Waals surface area contributed by atoms with Crippen LogP contribution in [-0.2, 0) is 18.9 Å². The molecule has 3 N–H and O–H groups in total. The molecule has 0 radical (unpaired) electrons. The Bertz CT molecular complexity index is 707. The van der Waals surface area contributed by atoms with Crippen LogP contribution < -0.4 is 0 Å². The van der Waals surface area contributed by atoms with Crippen LogP contribution in [0.2, 0.25) is 0 Å². The third-order valence-corrected chi connectivity index (χ3v) is 9.12. The molecule has 6 rings (SSSR count). The number of aliphatic hydroxyl groups excluding tert-OH is 2. The first-order valence-corrected chi connectivity index (χ1v) is 10.2. The van der Waals surface area contributed by atoms with Gasteiger partial charge in [0.1, 0.15) is 17.3 Å². The summed E-state index contributed by atoms with van der Waals surface area (Å²) in [5, 5.41) is 35.1. The van der Waals surface area contributed by atoms with Crippen LogP contribution in [0.3, 0.4) is 0 Å². The van der Waals surface area contributed by atoms with Crippen LogP contribution in [0.4, 0.5) is 0 Å². The molecule has 0 aromatic carbocycles. The van der Waals surface area contributed by atoms with Crippen molar-refractivity contribution < 1.29 is 34.3 Å². The Labute approximate surface area is 158 Å². The molecular formula is C20H30O7. The van der Waals surface area contributed by atoms with Crippen molar-refractivity contribution >= 4 is 0 Å². The molecule has 2 spiro atoms. The quantitative estimate of drug-likeness (QED) is 0.545. The Kier molecular flexibility index (Phi) is 2.97. The van der Waals surface area contributed by atoms with E-state index in [1.165, 1.54) is 0 Å². The Morgan fingerprint density at radius 3 is 2.48 bits per heavy atom. The van der Waals surface area contributed by atoms with Crippen molar-refractivity contribution in [3.63, 3.8) is 0 Å². The molecule has 7 heteroatoms. The molecule has 4 saturated heterocycles. The van der Waals surface area contributed by atoms with E-state index in [0.717, 1.165) is 0 Å². The molecule has 4 heterocycles. The van der Waals surface area contributed by atoms with Crippen molar-refractivity contribution in [1.82, 2.24) is 0 Å². The van der Waals surface area contributed by atoms with Crippen molar-refractivity contribution in [2.75, 3.05) is 19.8 Å². The summed E-state index contributed by atoms with van der Waals surface area (Å²) in [7, 11) is 0. The zero-order valence-corrected chi connectivity index (χ0v) is 16.3. The van der Waals surface area contributed by atoms with E-state index in [2.05, 4.69) is 20.8 Å². The maximum Gasteiger partial charge on any atom is 0.165 e. The minimum atomic E-state index is -1.37. The van der Waals surface area contributed by atoms with Gasteiger partial charge in [0.25, 0.3) is 0 Å². The lowest BCUT2D eigenvalue weighted by atomic mass is 9.52. The zero-order valence-electron chi connectivity index (χ0n) is 16.3. The summed E-state index contributed by atoms with van der Waals surface area (Å²) < 4.78 is 24.8. The summed E-state index contributed by atoms with van der Waals surface area (Å²) in [6, 6.07) is 0. The van der Waals surface area contributed by atoms with Gasteiger partial charge in [-0.1, -0.05) is 27.7 Å². The topological polar surface area (TPSA) is 97.6 Å². The molecular weight excluding hydrogens is 352 g/mol. The molecule has 6 aliphatic rings. The van der Waals surface area contributed by atoms with Crippen molar-refractivity contribution in [3.8, 4) is 0 Å². The van der Waals surface area contributed by atoms with E-state index in [4.69, 9.17) is 18.9 Å².